The predicted molar refractivity (Wildman–Crippen MR) is 126 cm³/mol. The lowest BCUT2D eigenvalue weighted by atomic mass is 10.1. The predicted octanol–water partition coefficient (Wildman–Crippen LogP) is 5.88. The van der Waals surface area contributed by atoms with Crippen LogP contribution in [0.3, 0.4) is 0 Å². The summed E-state index contributed by atoms with van der Waals surface area (Å²) in [5, 5.41) is 5.80. The van der Waals surface area contributed by atoms with Gasteiger partial charge in [0.2, 0.25) is 10.0 Å². The highest BCUT2D eigenvalue weighted by atomic mass is 32.2. The van der Waals surface area contributed by atoms with Gasteiger partial charge in [-0.1, -0.05) is 80.6 Å². The highest BCUT2D eigenvalue weighted by Crippen LogP contribution is 2.19. The molecule has 3 aromatic rings. The SMILES string of the molecule is CCCCCC[C@H](CNc1ccc2ccccc2c1)NS(=O)(=O)c1ccc(C)cc1. The number of fused-ring (bicyclic) bond motifs is 1. The van der Waals surface area contributed by atoms with Crippen molar-refractivity contribution in [3.8, 4) is 0 Å². The van der Waals surface area contributed by atoms with E-state index in [0.29, 0.717) is 11.4 Å². The maximum atomic E-state index is 12.9. The fraction of sp³-hybridized carbons (Fsp3) is 0.360. The Balaban J connectivity index is 1.69. The first kappa shape index (κ1) is 22.3. The molecule has 0 fully saturated rings. The van der Waals surface area contributed by atoms with Crippen LogP contribution in [0.2, 0.25) is 0 Å². The van der Waals surface area contributed by atoms with Gasteiger partial charge in [-0.15, -0.1) is 0 Å². The van der Waals surface area contributed by atoms with Crippen molar-refractivity contribution in [1.82, 2.24) is 4.72 Å². The molecule has 0 unspecified atom stereocenters. The van der Waals surface area contributed by atoms with Crippen molar-refractivity contribution in [2.45, 2.75) is 56.9 Å². The van der Waals surface area contributed by atoms with Crippen LogP contribution in [0.15, 0.2) is 71.6 Å². The molecule has 0 spiro atoms. The second-order valence-corrected chi connectivity index (χ2v) is 9.64. The Morgan fingerprint density at radius 2 is 1.60 bits per heavy atom. The largest absolute Gasteiger partial charge is 0.383 e. The second-order valence-electron chi connectivity index (χ2n) is 7.92. The molecule has 0 saturated heterocycles. The number of aryl methyl sites for hydroxylation is 1. The molecule has 3 aromatic carbocycles. The summed E-state index contributed by atoms with van der Waals surface area (Å²) in [6.45, 7) is 4.68. The van der Waals surface area contributed by atoms with Gasteiger partial charge in [-0.2, -0.15) is 0 Å². The molecular formula is C25H32N2O2S. The number of benzene rings is 3. The van der Waals surface area contributed by atoms with Gasteiger partial charge in [-0.3, -0.25) is 0 Å². The fourth-order valence-corrected chi connectivity index (χ4v) is 4.84. The van der Waals surface area contributed by atoms with Gasteiger partial charge in [0.1, 0.15) is 0 Å². The molecule has 1 atom stereocenters. The molecular weight excluding hydrogens is 392 g/mol. The normalized spacial score (nSPS) is 12.7. The van der Waals surface area contributed by atoms with Crippen LogP contribution in [-0.4, -0.2) is 21.0 Å². The van der Waals surface area contributed by atoms with Crippen LogP contribution in [0.25, 0.3) is 10.8 Å². The third-order valence-corrected chi connectivity index (χ3v) is 6.90. The molecule has 0 amide bonds. The zero-order valence-corrected chi connectivity index (χ0v) is 18.7. The highest BCUT2D eigenvalue weighted by Gasteiger charge is 2.20. The van der Waals surface area contributed by atoms with Gasteiger partial charge in [0.25, 0.3) is 0 Å². The summed E-state index contributed by atoms with van der Waals surface area (Å²) >= 11 is 0. The maximum Gasteiger partial charge on any atom is 0.240 e. The average Bonchev–Trinajstić information content (AvgIpc) is 2.75. The van der Waals surface area contributed by atoms with Gasteiger partial charge in [0, 0.05) is 18.3 Å². The van der Waals surface area contributed by atoms with Gasteiger partial charge in [0.15, 0.2) is 0 Å². The van der Waals surface area contributed by atoms with E-state index in [1.165, 1.54) is 17.2 Å². The van der Waals surface area contributed by atoms with E-state index in [4.69, 9.17) is 0 Å². The first-order valence-corrected chi connectivity index (χ1v) is 12.3. The zero-order chi connectivity index (χ0) is 21.4. The van der Waals surface area contributed by atoms with Crippen molar-refractivity contribution < 1.29 is 8.42 Å². The number of rotatable bonds is 11. The van der Waals surface area contributed by atoms with E-state index in [1.54, 1.807) is 12.1 Å². The summed E-state index contributed by atoms with van der Waals surface area (Å²) in [6, 6.07) is 21.3. The van der Waals surface area contributed by atoms with Crippen molar-refractivity contribution in [3.63, 3.8) is 0 Å². The zero-order valence-electron chi connectivity index (χ0n) is 17.9. The van der Waals surface area contributed by atoms with Crippen molar-refractivity contribution in [3.05, 3.63) is 72.3 Å². The number of sulfonamides is 1. The van der Waals surface area contributed by atoms with Gasteiger partial charge in [-0.25, -0.2) is 13.1 Å². The summed E-state index contributed by atoms with van der Waals surface area (Å²) in [7, 11) is -3.55. The van der Waals surface area contributed by atoms with Crippen LogP contribution in [0, 0.1) is 6.92 Å². The summed E-state index contributed by atoms with van der Waals surface area (Å²) in [5.41, 5.74) is 2.05. The number of unbranched alkanes of at least 4 members (excludes halogenated alkanes) is 3. The smallest absolute Gasteiger partial charge is 0.240 e. The highest BCUT2D eigenvalue weighted by molar-refractivity contribution is 7.89. The van der Waals surface area contributed by atoms with E-state index in [-0.39, 0.29) is 6.04 Å². The quantitative estimate of drug-likeness (QED) is 0.378. The van der Waals surface area contributed by atoms with Crippen LogP contribution in [-0.2, 0) is 10.0 Å². The molecule has 0 aliphatic rings. The van der Waals surface area contributed by atoms with Crippen LogP contribution >= 0.6 is 0 Å². The molecule has 2 N–H and O–H groups in total. The maximum absolute atomic E-state index is 12.9. The fourth-order valence-electron chi connectivity index (χ4n) is 3.57. The Morgan fingerprint density at radius 3 is 2.33 bits per heavy atom. The summed E-state index contributed by atoms with van der Waals surface area (Å²) in [4.78, 5) is 0.317. The Bertz CT molecular complexity index is 1050. The van der Waals surface area contributed by atoms with Crippen LogP contribution in [0.5, 0.6) is 0 Å². The van der Waals surface area contributed by atoms with Crippen LogP contribution in [0.4, 0.5) is 5.69 Å². The Kier molecular flexibility index (Phi) is 7.88. The third kappa shape index (κ3) is 6.31. The van der Waals surface area contributed by atoms with Crippen molar-refractivity contribution in [2.75, 3.05) is 11.9 Å². The number of hydrogen-bond donors (Lipinski definition) is 2. The summed E-state index contributed by atoms with van der Waals surface area (Å²) in [6.07, 6.45) is 5.28. The second kappa shape index (κ2) is 10.6. The van der Waals surface area contributed by atoms with E-state index in [0.717, 1.165) is 36.9 Å². The molecule has 0 bridgehead atoms. The average molecular weight is 425 g/mol. The molecule has 5 heteroatoms. The molecule has 0 radical (unpaired) electrons. The molecule has 160 valence electrons. The van der Waals surface area contributed by atoms with Crippen LogP contribution in [0.1, 0.15) is 44.6 Å². The molecule has 30 heavy (non-hydrogen) atoms. The summed E-state index contributed by atoms with van der Waals surface area (Å²) in [5.74, 6) is 0. The lowest BCUT2D eigenvalue weighted by Crippen LogP contribution is -2.39. The van der Waals surface area contributed by atoms with Gasteiger partial charge in [0.05, 0.1) is 4.90 Å². The lowest BCUT2D eigenvalue weighted by Gasteiger charge is -2.20. The van der Waals surface area contributed by atoms with Gasteiger partial charge < -0.3 is 5.32 Å². The number of nitrogens with one attached hydrogen (secondary N) is 2. The monoisotopic (exact) mass is 424 g/mol. The summed E-state index contributed by atoms with van der Waals surface area (Å²) < 4.78 is 28.7. The molecule has 0 heterocycles. The van der Waals surface area contributed by atoms with Gasteiger partial charge in [-0.05, 0) is 48.4 Å². The molecule has 0 aliphatic heterocycles. The van der Waals surface area contributed by atoms with E-state index in [9.17, 15) is 8.42 Å². The Morgan fingerprint density at radius 1 is 0.867 bits per heavy atom. The van der Waals surface area contributed by atoms with E-state index in [2.05, 4.69) is 41.2 Å². The number of anilines is 1. The van der Waals surface area contributed by atoms with E-state index >= 15 is 0 Å². The minimum absolute atomic E-state index is 0.167. The van der Waals surface area contributed by atoms with Crippen LogP contribution < -0.4 is 10.0 Å². The lowest BCUT2D eigenvalue weighted by molar-refractivity contribution is 0.511. The van der Waals surface area contributed by atoms with Crippen molar-refractivity contribution in [1.29, 1.82) is 0 Å². The molecule has 4 nitrogen and oxygen atoms in total. The standard InChI is InChI=1S/C25H32N2O2S/c1-3-4-5-6-11-24(27-30(28,29)25-16-12-20(2)13-17-25)19-26-23-15-14-21-9-7-8-10-22(21)18-23/h7-10,12-18,24,26-27H,3-6,11,19H2,1-2H3/t24-/m1/s1. The van der Waals surface area contributed by atoms with E-state index in [1.807, 2.05) is 37.3 Å². The molecule has 0 aliphatic carbocycles. The van der Waals surface area contributed by atoms with Gasteiger partial charge >= 0.3 is 0 Å². The first-order chi connectivity index (χ1) is 14.5. The Hall–Kier alpha value is -2.37. The molecule has 0 saturated carbocycles. The third-order valence-electron chi connectivity index (χ3n) is 5.36. The topological polar surface area (TPSA) is 58.2 Å². The van der Waals surface area contributed by atoms with Crippen molar-refractivity contribution in [2.24, 2.45) is 0 Å². The van der Waals surface area contributed by atoms with E-state index < -0.39 is 10.0 Å². The van der Waals surface area contributed by atoms with Crippen molar-refractivity contribution >= 4 is 26.5 Å². The first-order valence-electron chi connectivity index (χ1n) is 10.8. The minimum atomic E-state index is -3.55. The molecule has 3 rings (SSSR count). The number of hydrogen-bond acceptors (Lipinski definition) is 3. The Labute approximate surface area is 180 Å². The molecule has 0 aromatic heterocycles. The minimum Gasteiger partial charge on any atom is -0.383 e.